The predicted molar refractivity (Wildman–Crippen MR) is 123 cm³/mol. The lowest BCUT2D eigenvalue weighted by molar-refractivity contribution is 0.414. The molecule has 2 aromatic carbocycles. The van der Waals surface area contributed by atoms with Gasteiger partial charge in [-0.2, -0.15) is 5.10 Å². The number of piperazine rings is 1. The second kappa shape index (κ2) is 7.91. The van der Waals surface area contributed by atoms with Gasteiger partial charge in [-0.1, -0.05) is 17.7 Å². The molecule has 1 saturated heterocycles. The zero-order chi connectivity index (χ0) is 21.4. The molecule has 2 aromatic heterocycles. The third-order valence-corrected chi connectivity index (χ3v) is 5.95. The van der Waals surface area contributed by atoms with E-state index in [0.29, 0.717) is 6.04 Å². The van der Waals surface area contributed by atoms with E-state index in [0.717, 1.165) is 47.9 Å². The Morgan fingerprint density at radius 3 is 2.39 bits per heavy atom. The molecule has 5 rings (SSSR count). The Morgan fingerprint density at radius 2 is 1.68 bits per heavy atom. The number of hydrogen-bond donors (Lipinski definition) is 0. The molecule has 0 spiro atoms. The predicted octanol–water partition coefficient (Wildman–Crippen LogP) is 3.85. The fourth-order valence-corrected chi connectivity index (χ4v) is 4.27. The summed E-state index contributed by atoms with van der Waals surface area (Å²) in [4.78, 5) is 14.0. The summed E-state index contributed by atoms with van der Waals surface area (Å²) in [5.41, 5.74) is 4.31. The van der Waals surface area contributed by atoms with Gasteiger partial charge in [0, 0.05) is 31.4 Å². The highest BCUT2D eigenvalue weighted by atomic mass is 16.5. The van der Waals surface area contributed by atoms with Gasteiger partial charge in [-0.15, -0.1) is 0 Å². The van der Waals surface area contributed by atoms with Crippen molar-refractivity contribution in [3.8, 4) is 11.4 Å². The van der Waals surface area contributed by atoms with Crippen LogP contribution in [0.2, 0.25) is 0 Å². The maximum absolute atomic E-state index is 5.26. The minimum Gasteiger partial charge on any atom is -0.497 e. The number of fused-ring (bicyclic) bond motifs is 1. The summed E-state index contributed by atoms with van der Waals surface area (Å²) in [6, 6.07) is 17.0. The number of rotatable bonds is 4. The second-order valence-electron chi connectivity index (χ2n) is 8.01. The van der Waals surface area contributed by atoms with Crippen LogP contribution in [0.25, 0.3) is 16.7 Å². The Labute approximate surface area is 181 Å². The highest BCUT2D eigenvalue weighted by molar-refractivity contribution is 5.87. The Hall–Kier alpha value is -3.61. The monoisotopic (exact) mass is 414 g/mol. The first kappa shape index (κ1) is 19.4. The van der Waals surface area contributed by atoms with Gasteiger partial charge in [-0.25, -0.2) is 14.6 Å². The van der Waals surface area contributed by atoms with E-state index < -0.39 is 0 Å². The van der Waals surface area contributed by atoms with Gasteiger partial charge < -0.3 is 14.5 Å². The summed E-state index contributed by atoms with van der Waals surface area (Å²) in [6.07, 6.45) is 3.50. The van der Waals surface area contributed by atoms with Gasteiger partial charge in [-0.3, -0.25) is 0 Å². The molecule has 0 saturated carbocycles. The summed E-state index contributed by atoms with van der Waals surface area (Å²) in [5, 5.41) is 5.57. The van der Waals surface area contributed by atoms with E-state index in [2.05, 4.69) is 63.0 Å². The van der Waals surface area contributed by atoms with Gasteiger partial charge in [0.1, 0.15) is 17.9 Å². The lowest BCUT2D eigenvalue weighted by atomic mass is 10.1. The normalized spacial score (nSPS) is 16.7. The molecule has 0 radical (unpaired) electrons. The summed E-state index contributed by atoms with van der Waals surface area (Å²) in [6.45, 7) is 7.14. The van der Waals surface area contributed by atoms with Crippen LogP contribution in [0.15, 0.2) is 61.1 Å². The molecule has 7 nitrogen and oxygen atoms in total. The molecule has 1 unspecified atom stereocenters. The molecule has 3 heterocycles. The standard InChI is InChI=1S/C24H26N6O/c1-17-4-6-19(7-5-17)29-13-12-28(15-18(29)2)23-22-14-27-30(24(22)26-16-25-23)20-8-10-21(31-3)11-9-20/h4-11,14,16,18H,12-13,15H2,1-3H3. The molecule has 0 amide bonds. The van der Waals surface area contributed by atoms with Crippen molar-refractivity contribution in [1.82, 2.24) is 19.7 Å². The summed E-state index contributed by atoms with van der Waals surface area (Å²) >= 11 is 0. The number of aryl methyl sites for hydroxylation is 1. The highest BCUT2D eigenvalue weighted by Crippen LogP contribution is 2.28. The van der Waals surface area contributed by atoms with Crippen LogP contribution in [0.1, 0.15) is 12.5 Å². The maximum atomic E-state index is 5.26. The van der Waals surface area contributed by atoms with Crippen molar-refractivity contribution < 1.29 is 4.74 Å². The van der Waals surface area contributed by atoms with Gasteiger partial charge in [0.2, 0.25) is 0 Å². The van der Waals surface area contributed by atoms with Crippen LogP contribution in [0.4, 0.5) is 11.5 Å². The van der Waals surface area contributed by atoms with Crippen LogP contribution in [-0.2, 0) is 0 Å². The Morgan fingerprint density at radius 1 is 0.935 bits per heavy atom. The zero-order valence-corrected chi connectivity index (χ0v) is 18.1. The van der Waals surface area contributed by atoms with Crippen molar-refractivity contribution in [3.63, 3.8) is 0 Å². The van der Waals surface area contributed by atoms with Gasteiger partial charge in [-0.05, 0) is 50.2 Å². The molecular weight excluding hydrogens is 388 g/mol. The first-order valence-electron chi connectivity index (χ1n) is 10.6. The van der Waals surface area contributed by atoms with Crippen LogP contribution >= 0.6 is 0 Å². The molecule has 4 aromatic rings. The zero-order valence-electron chi connectivity index (χ0n) is 18.1. The van der Waals surface area contributed by atoms with E-state index >= 15 is 0 Å². The van der Waals surface area contributed by atoms with E-state index in [9.17, 15) is 0 Å². The quantitative estimate of drug-likeness (QED) is 0.506. The van der Waals surface area contributed by atoms with Crippen molar-refractivity contribution in [2.75, 3.05) is 36.5 Å². The number of methoxy groups -OCH3 is 1. The number of anilines is 2. The number of aromatic nitrogens is 4. The first-order valence-corrected chi connectivity index (χ1v) is 10.6. The lowest BCUT2D eigenvalue weighted by Crippen LogP contribution is -2.52. The molecule has 0 aliphatic carbocycles. The van der Waals surface area contributed by atoms with E-state index in [1.807, 2.05) is 35.1 Å². The van der Waals surface area contributed by atoms with Crippen molar-refractivity contribution in [2.24, 2.45) is 0 Å². The molecule has 1 aliphatic rings. The van der Waals surface area contributed by atoms with Crippen molar-refractivity contribution in [3.05, 3.63) is 66.6 Å². The van der Waals surface area contributed by atoms with Crippen LogP contribution in [0.5, 0.6) is 5.75 Å². The average Bonchev–Trinajstić information content (AvgIpc) is 3.24. The Kier molecular flexibility index (Phi) is 4.94. The molecular formula is C24H26N6O. The first-order chi connectivity index (χ1) is 15.1. The molecule has 31 heavy (non-hydrogen) atoms. The Balaban J connectivity index is 1.42. The van der Waals surface area contributed by atoms with Crippen molar-refractivity contribution >= 4 is 22.5 Å². The molecule has 158 valence electrons. The molecule has 0 N–H and O–H groups in total. The van der Waals surface area contributed by atoms with E-state index in [4.69, 9.17) is 4.74 Å². The smallest absolute Gasteiger partial charge is 0.168 e. The fourth-order valence-electron chi connectivity index (χ4n) is 4.27. The van der Waals surface area contributed by atoms with Crippen LogP contribution in [-0.4, -0.2) is 52.5 Å². The average molecular weight is 415 g/mol. The Bertz CT molecular complexity index is 1190. The largest absolute Gasteiger partial charge is 0.497 e. The second-order valence-corrected chi connectivity index (χ2v) is 8.01. The molecule has 1 aliphatic heterocycles. The van der Waals surface area contributed by atoms with Crippen LogP contribution < -0.4 is 14.5 Å². The lowest BCUT2D eigenvalue weighted by Gasteiger charge is -2.42. The van der Waals surface area contributed by atoms with Gasteiger partial charge in [0.05, 0.1) is 24.4 Å². The number of nitrogens with zero attached hydrogens (tertiary/aromatic N) is 6. The van der Waals surface area contributed by atoms with Crippen molar-refractivity contribution in [1.29, 1.82) is 0 Å². The highest BCUT2D eigenvalue weighted by Gasteiger charge is 2.26. The minimum absolute atomic E-state index is 0.373. The van der Waals surface area contributed by atoms with Crippen LogP contribution in [0, 0.1) is 6.92 Å². The van der Waals surface area contributed by atoms with E-state index in [-0.39, 0.29) is 0 Å². The van der Waals surface area contributed by atoms with Crippen LogP contribution in [0.3, 0.4) is 0 Å². The molecule has 0 bridgehead atoms. The third-order valence-electron chi connectivity index (χ3n) is 5.95. The molecule has 1 atom stereocenters. The van der Waals surface area contributed by atoms with Gasteiger partial charge in [0.25, 0.3) is 0 Å². The van der Waals surface area contributed by atoms with Gasteiger partial charge >= 0.3 is 0 Å². The summed E-state index contributed by atoms with van der Waals surface area (Å²) in [7, 11) is 1.66. The fraction of sp³-hybridized carbons (Fsp3) is 0.292. The van der Waals surface area contributed by atoms with E-state index in [1.165, 1.54) is 11.3 Å². The topological polar surface area (TPSA) is 59.3 Å². The van der Waals surface area contributed by atoms with Gasteiger partial charge in [0.15, 0.2) is 5.65 Å². The maximum Gasteiger partial charge on any atom is 0.168 e. The minimum atomic E-state index is 0.373. The van der Waals surface area contributed by atoms with Crippen molar-refractivity contribution in [2.45, 2.75) is 19.9 Å². The van der Waals surface area contributed by atoms with E-state index in [1.54, 1.807) is 13.4 Å². The molecule has 1 fully saturated rings. The number of benzene rings is 2. The number of hydrogen-bond acceptors (Lipinski definition) is 6. The SMILES string of the molecule is COc1ccc(-n2ncc3c(N4CCN(c5ccc(C)cc5)C(C)C4)ncnc32)cc1. The summed E-state index contributed by atoms with van der Waals surface area (Å²) < 4.78 is 7.12. The summed E-state index contributed by atoms with van der Waals surface area (Å²) in [5.74, 6) is 1.76. The number of ether oxygens (including phenoxy) is 1. The third kappa shape index (κ3) is 3.56. The molecule has 7 heteroatoms.